The third-order valence-electron chi connectivity index (χ3n) is 2.99. The maximum atomic E-state index is 12.5. The second-order valence-corrected chi connectivity index (χ2v) is 5.30. The minimum atomic E-state index is -0.276. The predicted molar refractivity (Wildman–Crippen MR) is 87.7 cm³/mol. The number of nitrogens with zero attached hydrogens (tertiary/aromatic N) is 2. The van der Waals surface area contributed by atoms with Gasteiger partial charge in [0.05, 0.1) is 17.3 Å². The Hall–Kier alpha value is -2.01. The molecule has 0 unspecified atom stereocenters. The molecule has 1 aromatic heterocycles. The van der Waals surface area contributed by atoms with Crippen LogP contribution in [0.3, 0.4) is 0 Å². The van der Waals surface area contributed by atoms with Gasteiger partial charge in [0, 0.05) is 12.7 Å². The molecule has 0 spiro atoms. The number of nitrogens with one attached hydrogen (secondary N) is 1. The Morgan fingerprint density at radius 2 is 2.09 bits per heavy atom. The molecule has 1 amide bonds. The van der Waals surface area contributed by atoms with Gasteiger partial charge in [-0.05, 0) is 25.0 Å². The second-order valence-electron chi connectivity index (χ2n) is 4.89. The van der Waals surface area contributed by atoms with Crippen LogP contribution in [0.5, 0.6) is 5.88 Å². The number of carbonyl (C=O) groups excluding carboxylic acids is 1. The van der Waals surface area contributed by atoms with Crippen LogP contribution in [-0.2, 0) is 6.54 Å². The van der Waals surface area contributed by atoms with Gasteiger partial charge in [-0.3, -0.25) is 9.48 Å². The van der Waals surface area contributed by atoms with Crippen LogP contribution >= 0.6 is 11.6 Å². The van der Waals surface area contributed by atoms with Crippen molar-refractivity contribution in [1.82, 2.24) is 9.78 Å². The van der Waals surface area contributed by atoms with Crippen molar-refractivity contribution in [3.05, 3.63) is 41.0 Å². The summed E-state index contributed by atoms with van der Waals surface area (Å²) in [4.78, 5) is 12.5. The van der Waals surface area contributed by atoms with Gasteiger partial charge < -0.3 is 10.1 Å². The van der Waals surface area contributed by atoms with Crippen LogP contribution in [-0.4, -0.2) is 22.3 Å². The molecule has 0 radical (unpaired) electrons. The second kappa shape index (κ2) is 7.84. The highest BCUT2D eigenvalue weighted by molar-refractivity contribution is 6.33. The van der Waals surface area contributed by atoms with Crippen molar-refractivity contribution in [3.63, 3.8) is 0 Å². The van der Waals surface area contributed by atoms with Crippen LogP contribution in [0.25, 0.3) is 0 Å². The first-order valence-corrected chi connectivity index (χ1v) is 7.79. The molecule has 0 fully saturated rings. The normalized spacial score (nSPS) is 10.5. The molecule has 0 atom stereocenters. The van der Waals surface area contributed by atoms with Gasteiger partial charge in [-0.25, -0.2) is 0 Å². The Labute approximate surface area is 135 Å². The van der Waals surface area contributed by atoms with Gasteiger partial charge in [-0.2, -0.15) is 0 Å². The molecule has 0 aliphatic heterocycles. The Balaban J connectivity index is 2.21. The molecule has 0 aliphatic rings. The molecule has 1 heterocycles. The minimum Gasteiger partial charge on any atom is -0.476 e. The third kappa shape index (κ3) is 4.01. The fourth-order valence-corrected chi connectivity index (χ4v) is 2.14. The highest BCUT2D eigenvalue weighted by Gasteiger charge is 2.18. The summed E-state index contributed by atoms with van der Waals surface area (Å²) in [7, 11) is 0. The molecule has 2 aromatic rings. The van der Waals surface area contributed by atoms with Crippen molar-refractivity contribution in [2.24, 2.45) is 0 Å². The molecule has 118 valence electrons. The van der Waals surface area contributed by atoms with Gasteiger partial charge in [0.1, 0.15) is 5.56 Å². The maximum Gasteiger partial charge on any atom is 0.262 e. The lowest BCUT2D eigenvalue weighted by Gasteiger charge is -2.07. The average Bonchev–Trinajstić information content (AvgIpc) is 2.91. The van der Waals surface area contributed by atoms with Crippen LogP contribution in [0.2, 0.25) is 5.02 Å². The van der Waals surface area contributed by atoms with E-state index in [1.165, 1.54) is 0 Å². The van der Waals surface area contributed by atoms with E-state index >= 15 is 0 Å². The quantitative estimate of drug-likeness (QED) is 0.839. The SMILES string of the molecule is CCCOc1nn(CCC)cc1C(=O)Nc1ccccc1Cl. The van der Waals surface area contributed by atoms with Gasteiger partial charge >= 0.3 is 0 Å². The molecule has 2 rings (SSSR count). The Bertz CT molecular complexity index is 640. The summed E-state index contributed by atoms with van der Waals surface area (Å²) >= 11 is 6.07. The number of anilines is 1. The molecule has 0 bridgehead atoms. The number of amides is 1. The van der Waals surface area contributed by atoms with E-state index in [0.717, 1.165) is 19.4 Å². The van der Waals surface area contributed by atoms with Gasteiger partial charge in [0.2, 0.25) is 5.88 Å². The molecule has 0 saturated heterocycles. The van der Waals surface area contributed by atoms with Crippen molar-refractivity contribution < 1.29 is 9.53 Å². The monoisotopic (exact) mass is 321 g/mol. The van der Waals surface area contributed by atoms with E-state index in [-0.39, 0.29) is 5.91 Å². The number of aromatic nitrogens is 2. The third-order valence-corrected chi connectivity index (χ3v) is 3.32. The highest BCUT2D eigenvalue weighted by Crippen LogP contribution is 2.23. The Morgan fingerprint density at radius 1 is 1.32 bits per heavy atom. The maximum absolute atomic E-state index is 12.5. The van der Waals surface area contributed by atoms with E-state index in [4.69, 9.17) is 16.3 Å². The molecule has 0 saturated carbocycles. The Kier molecular flexibility index (Phi) is 5.83. The zero-order chi connectivity index (χ0) is 15.9. The summed E-state index contributed by atoms with van der Waals surface area (Å²) in [5.41, 5.74) is 0.987. The highest BCUT2D eigenvalue weighted by atomic mass is 35.5. The molecule has 0 aliphatic carbocycles. The number of carbonyl (C=O) groups is 1. The lowest BCUT2D eigenvalue weighted by atomic mass is 10.2. The zero-order valence-electron chi connectivity index (χ0n) is 12.8. The standard InChI is InChI=1S/C16H20ClN3O2/c1-3-9-20-11-12(16(19-20)22-10-4-2)15(21)18-14-8-6-5-7-13(14)17/h5-8,11H,3-4,9-10H2,1-2H3,(H,18,21). The summed E-state index contributed by atoms with van der Waals surface area (Å²) in [6, 6.07) is 7.11. The van der Waals surface area contributed by atoms with Crippen LogP contribution in [0.15, 0.2) is 30.5 Å². The summed E-state index contributed by atoms with van der Waals surface area (Å²) in [5.74, 6) is 0.0846. The van der Waals surface area contributed by atoms with E-state index in [2.05, 4.69) is 17.3 Å². The minimum absolute atomic E-state index is 0.276. The molecule has 6 heteroatoms. The summed E-state index contributed by atoms with van der Waals surface area (Å²) in [5, 5.41) is 7.61. The number of halogens is 1. The number of para-hydroxylation sites is 1. The molecule has 1 aromatic carbocycles. The number of hydrogen-bond donors (Lipinski definition) is 1. The summed E-state index contributed by atoms with van der Waals surface area (Å²) in [6.07, 6.45) is 3.49. The number of benzene rings is 1. The first kappa shape index (κ1) is 16.4. The van der Waals surface area contributed by atoms with Crippen molar-refractivity contribution in [2.75, 3.05) is 11.9 Å². The summed E-state index contributed by atoms with van der Waals surface area (Å²) < 4.78 is 7.31. The van der Waals surface area contributed by atoms with Gasteiger partial charge in [-0.15, -0.1) is 5.10 Å². The van der Waals surface area contributed by atoms with E-state index in [1.54, 1.807) is 23.0 Å². The van der Waals surface area contributed by atoms with Crippen LogP contribution in [0, 0.1) is 0 Å². The number of aryl methyl sites for hydroxylation is 1. The topological polar surface area (TPSA) is 56.2 Å². The zero-order valence-corrected chi connectivity index (χ0v) is 13.6. The predicted octanol–water partition coefficient (Wildman–Crippen LogP) is 3.99. The lowest BCUT2D eigenvalue weighted by molar-refractivity contribution is 0.102. The van der Waals surface area contributed by atoms with E-state index in [1.807, 2.05) is 19.1 Å². The molecule has 22 heavy (non-hydrogen) atoms. The number of rotatable bonds is 7. The van der Waals surface area contributed by atoms with Crippen molar-refractivity contribution >= 4 is 23.2 Å². The van der Waals surface area contributed by atoms with Gasteiger partial charge in [-0.1, -0.05) is 37.6 Å². The average molecular weight is 322 g/mol. The van der Waals surface area contributed by atoms with E-state index in [0.29, 0.717) is 28.8 Å². The van der Waals surface area contributed by atoms with Crippen LogP contribution < -0.4 is 10.1 Å². The van der Waals surface area contributed by atoms with E-state index < -0.39 is 0 Å². The van der Waals surface area contributed by atoms with Gasteiger partial charge in [0.15, 0.2) is 0 Å². The molecule has 5 nitrogen and oxygen atoms in total. The fourth-order valence-electron chi connectivity index (χ4n) is 1.96. The van der Waals surface area contributed by atoms with Crippen LogP contribution in [0.1, 0.15) is 37.0 Å². The van der Waals surface area contributed by atoms with Crippen molar-refractivity contribution in [1.29, 1.82) is 0 Å². The van der Waals surface area contributed by atoms with Gasteiger partial charge in [0.25, 0.3) is 5.91 Å². The Morgan fingerprint density at radius 3 is 2.77 bits per heavy atom. The molecular weight excluding hydrogens is 302 g/mol. The van der Waals surface area contributed by atoms with Crippen molar-refractivity contribution in [3.8, 4) is 5.88 Å². The number of ether oxygens (including phenoxy) is 1. The summed E-state index contributed by atoms with van der Waals surface area (Å²) in [6.45, 7) is 5.32. The molecular formula is C16H20ClN3O2. The van der Waals surface area contributed by atoms with Crippen molar-refractivity contribution in [2.45, 2.75) is 33.2 Å². The first-order chi connectivity index (χ1) is 10.7. The molecule has 1 N–H and O–H groups in total. The lowest BCUT2D eigenvalue weighted by Crippen LogP contribution is -2.13. The smallest absolute Gasteiger partial charge is 0.262 e. The largest absolute Gasteiger partial charge is 0.476 e. The fraction of sp³-hybridized carbons (Fsp3) is 0.375. The van der Waals surface area contributed by atoms with E-state index in [9.17, 15) is 4.79 Å². The first-order valence-electron chi connectivity index (χ1n) is 7.41. The number of hydrogen-bond acceptors (Lipinski definition) is 3. The van der Waals surface area contributed by atoms with Crippen LogP contribution in [0.4, 0.5) is 5.69 Å².